The van der Waals surface area contributed by atoms with Crippen molar-refractivity contribution in [3.8, 4) is 0 Å². The van der Waals surface area contributed by atoms with Crippen LogP contribution in [-0.2, 0) is 0 Å². The maximum atomic E-state index is 12.1. The van der Waals surface area contributed by atoms with Gasteiger partial charge in [-0.3, -0.25) is 4.90 Å². The largest absolute Gasteiger partial charge is 0.395 e. The van der Waals surface area contributed by atoms with Gasteiger partial charge in [-0.05, 0) is 13.3 Å². The summed E-state index contributed by atoms with van der Waals surface area (Å²) in [5.74, 6) is 0. The van der Waals surface area contributed by atoms with Crippen molar-refractivity contribution in [2.45, 2.75) is 39.2 Å². The van der Waals surface area contributed by atoms with Crippen molar-refractivity contribution in [3.63, 3.8) is 0 Å². The van der Waals surface area contributed by atoms with Gasteiger partial charge in [-0.15, -0.1) is 0 Å². The Balaban J connectivity index is 3.90. The molecule has 0 aromatic rings. The van der Waals surface area contributed by atoms with E-state index in [0.29, 0.717) is 6.54 Å². The molecule has 0 bridgehead atoms. The number of aliphatic hydroxyl groups excluding tert-OH is 1. The highest BCUT2D eigenvalue weighted by Gasteiger charge is 2.16. The van der Waals surface area contributed by atoms with Crippen molar-refractivity contribution in [1.29, 1.82) is 0 Å². The summed E-state index contributed by atoms with van der Waals surface area (Å²) in [6.45, 7) is 3.99. The van der Waals surface area contributed by atoms with Gasteiger partial charge in [0.15, 0.2) is 0 Å². The normalized spacial score (nSPS) is 14.1. The molecule has 1 unspecified atom stereocenters. The lowest BCUT2D eigenvalue weighted by Crippen LogP contribution is -2.38. The van der Waals surface area contributed by atoms with E-state index in [9.17, 15) is 8.78 Å². The fraction of sp³-hybridized carbons (Fsp3) is 1.00. The van der Waals surface area contributed by atoms with E-state index in [1.54, 1.807) is 4.90 Å². The third-order valence-electron chi connectivity index (χ3n) is 2.09. The van der Waals surface area contributed by atoms with E-state index < -0.39 is 6.43 Å². The molecular formula is C9H19F2NO. The van der Waals surface area contributed by atoms with Crippen LogP contribution in [-0.4, -0.2) is 42.2 Å². The van der Waals surface area contributed by atoms with Gasteiger partial charge in [0.1, 0.15) is 0 Å². The van der Waals surface area contributed by atoms with Crippen molar-refractivity contribution in [2.75, 3.05) is 19.7 Å². The highest BCUT2D eigenvalue weighted by molar-refractivity contribution is 4.67. The first-order valence-electron chi connectivity index (χ1n) is 4.74. The van der Waals surface area contributed by atoms with E-state index in [4.69, 9.17) is 5.11 Å². The Kier molecular flexibility index (Phi) is 7.09. The number of rotatable bonds is 7. The summed E-state index contributed by atoms with van der Waals surface area (Å²) in [6, 6.07) is 0.131. The van der Waals surface area contributed by atoms with Crippen molar-refractivity contribution >= 4 is 0 Å². The molecule has 1 atom stereocenters. The topological polar surface area (TPSA) is 23.5 Å². The van der Waals surface area contributed by atoms with Gasteiger partial charge in [0.25, 0.3) is 6.43 Å². The predicted octanol–water partition coefficient (Wildman–Crippen LogP) is 1.73. The van der Waals surface area contributed by atoms with Crippen LogP contribution in [0.2, 0.25) is 0 Å². The molecule has 0 rings (SSSR count). The molecule has 2 nitrogen and oxygen atoms in total. The van der Waals surface area contributed by atoms with E-state index in [1.165, 1.54) is 0 Å². The lowest BCUT2D eigenvalue weighted by molar-refractivity contribution is 0.0565. The Labute approximate surface area is 78.5 Å². The molecule has 0 saturated heterocycles. The van der Waals surface area contributed by atoms with Gasteiger partial charge in [0.2, 0.25) is 0 Å². The predicted molar refractivity (Wildman–Crippen MR) is 49.0 cm³/mol. The number of hydrogen-bond donors (Lipinski definition) is 1. The molecule has 0 aliphatic carbocycles. The molecule has 0 amide bonds. The van der Waals surface area contributed by atoms with E-state index in [0.717, 1.165) is 12.8 Å². The zero-order chi connectivity index (χ0) is 10.3. The molecule has 0 aromatic heterocycles. The van der Waals surface area contributed by atoms with Crippen molar-refractivity contribution in [1.82, 2.24) is 4.90 Å². The van der Waals surface area contributed by atoms with Crippen LogP contribution in [0.1, 0.15) is 26.7 Å². The summed E-state index contributed by atoms with van der Waals surface area (Å²) in [6.07, 6.45) is -0.440. The molecule has 0 aromatic carbocycles. The second kappa shape index (κ2) is 7.21. The monoisotopic (exact) mass is 195 g/mol. The molecule has 0 aliphatic heterocycles. The Morgan fingerprint density at radius 1 is 1.38 bits per heavy atom. The maximum Gasteiger partial charge on any atom is 0.251 e. The van der Waals surface area contributed by atoms with E-state index in [1.807, 2.05) is 13.8 Å². The molecule has 0 heterocycles. The first kappa shape index (κ1) is 12.8. The van der Waals surface area contributed by atoms with Crippen LogP contribution in [0.15, 0.2) is 0 Å². The van der Waals surface area contributed by atoms with E-state index in [2.05, 4.69) is 0 Å². The second-order valence-corrected chi connectivity index (χ2v) is 3.25. The minimum Gasteiger partial charge on any atom is -0.395 e. The highest BCUT2D eigenvalue weighted by atomic mass is 19.3. The number of halogens is 2. The Hall–Kier alpha value is -0.220. The summed E-state index contributed by atoms with van der Waals surface area (Å²) in [5.41, 5.74) is 0. The fourth-order valence-corrected chi connectivity index (χ4v) is 1.40. The van der Waals surface area contributed by atoms with Gasteiger partial charge >= 0.3 is 0 Å². The third-order valence-corrected chi connectivity index (χ3v) is 2.09. The molecule has 4 heteroatoms. The van der Waals surface area contributed by atoms with E-state index in [-0.39, 0.29) is 19.2 Å². The number of nitrogens with zero attached hydrogens (tertiary/aromatic N) is 1. The minimum atomic E-state index is -2.31. The average molecular weight is 195 g/mol. The third kappa shape index (κ3) is 5.93. The summed E-state index contributed by atoms with van der Waals surface area (Å²) in [4.78, 5) is 1.63. The Bertz CT molecular complexity index is 122. The maximum absolute atomic E-state index is 12.1. The molecule has 0 saturated carbocycles. The Morgan fingerprint density at radius 3 is 2.38 bits per heavy atom. The van der Waals surface area contributed by atoms with Gasteiger partial charge in [-0.2, -0.15) is 0 Å². The zero-order valence-corrected chi connectivity index (χ0v) is 8.34. The quantitative estimate of drug-likeness (QED) is 0.668. The lowest BCUT2D eigenvalue weighted by Gasteiger charge is -2.27. The van der Waals surface area contributed by atoms with E-state index >= 15 is 0 Å². The van der Waals surface area contributed by atoms with Crippen molar-refractivity contribution in [3.05, 3.63) is 0 Å². The second-order valence-electron chi connectivity index (χ2n) is 3.25. The zero-order valence-electron chi connectivity index (χ0n) is 8.34. The Morgan fingerprint density at radius 2 is 2.00 bits per heavy atom. The summed E-state index contributed by atoms with van der Waals surface area (Å²) in [7, 11) is 0. The smallest absolute Gasteiger partial charge is 0.251 e. The molecule has 0 fully saturated rings. The molecule has 0 radical (unpaired) electrons. The van der Waals surface area contributed by atoms with Gasteiger partial charge in [0.05, 0.1) is 13.2 Å². The molecule has 80 valence electrons. The average Bonchev–Trinajstić information content (AvgIpc) is 2.03. The van der Waals surface area contributed by atoms with Gasteiger partial charge < -0.3 is 5.11 Å². The van der Waals surface area contributed by atoms with Crippen LogP contribution in [0.3, 0.4) is 0 Å². The minimum absolute atomic E-state index is 0.0548. The van der Waals surface area contributed by atoms with Crippen LogP contribution in [0, 0.1) is 0 Å². The highest BCUT2D eigenvalue weighted by Crippen LogP contribution is 2.08. The molecular weight excluding hydrogens is 176 g/mol. The van der Waals surface area contributed by atoms with Gasteiger partial charge in [-0.1, -0.05) is 13.3 Å². The number of alkyl halides is 2. The van der Waals surface area contributed by atoms with Crippen LogP contribution in [0.4, 0.5) is 8.78 Å². The van der Waals surface area contributed by atoms with Gasteiger partial charge in [-0.25, -0.2) is 8.78 Å². The molecule has 13 heavy (non-hydrogen) atoms. The standard InChI is InChI=1S/C9H19F2NO/c1-3-4-8(2)12(5-6-13)7-9(10)11/h8-9,13H,3-7H2,1-2H3. The first-order chi connectivity index (χ1) is 6.11. The SMILES string of the molecule is CCCC(C)N(CCO)CC(F)F. The molecule has 1 N–H and O–H groups in total. The van der Waals surface area contributed by atoms with Crippen LogP contribution in [0.25, 0.3) is 0 Å². The van der Waals surface area contributed by atoms with Crippen LogP contribution >= 0.6 is 0 Å². The van der Waals surface area contributed by atoms with Gasteiger partial charge in [0, 0.05) is 12.6 Å². The number of hydrogen-bond acceptors (Lipinski definition) is 2. The molecule has 0 spiro atoms. The lowest BCUT2D eigenvalue weighted by atomic mass is 10.1. The van der Waals surface area contributed by atoms with Crippen molar-refractivity contribution in [2.24, 2.45) is 0 Å². The summed E-state index contributed by atoms with van der Waals surface area (Å²) in [5, 5.41) is 8.68. The van der Waals surface area contributed by atoms with Crippen LogP contribution in [0.5, 0.6) is 0 Å². The molecule has 0 aliphatic rings. The fourth-order valence-electron chi connectivity index (χ4n) is 1.40. The summed E-state index contributed by atoms with van der Waals surface area (Å²) < 4.78 is 24.2. The van der Waals surface area contributed by atoms with Crippen LogP contribution < -0.4 is 0 Å². The number of aliphatic hydroxyl groups is 1. The first-order valence-corrected chi connectivity index (χ1v) is 4.74. The summed E-state index contributed by atoms with van der Waals surface area (Å²) >= 11 is 0. The van der Waals surface area contributed by atoms with Crippen molar-refractivity contribution < 1.29 is 13.9 Å².